The molecule has 1 aromatic carbocycles. The summed E-state index contributed by atoms with van der Waals surface area (Å²) >= 11 is 1.68. The average Bonchev–Trinajstić information content (AvgIpc) is 3.10. The van der Waals surface area contributed by atoms with Crippen molar-refractivity contribution in [3.8, 4) is 18.1 Å². The quantitative estimate of drug-likeness (QED) is 0.601. The molecule has 1 fully saturated rings. The summed E-state index contributed by atoms with van der Waals surface area (Å²) < 4.78 is 29.0. The maximum Gasteiger partial charge on any atom is 0.179 e. The van der Waals surface area contributed by atoms with Gasteiger partial charge in [0.15, 0.2) is 9.84 Å². The van der Waals surface area contributed by atoms with Gasteiger partial charge in [0.2, 0.25) is 0 Å². The van der Waals surface area contributed by atoms with Gasteiger partial charge in [-0.3, -0.25) is 0 Å². The summed E-state index contributed by atoms with van der Waals surface area (Å²) in [7, 11) is -3.15. The molecule has 2 rings (SSSR count). The first kappa shape index (κ1) is 12.3. The summed E-state index contributed by atoms with van der Waals surface area (Å²) in [4.78, 5) is 0.345. The van der Waals surface area contributed by atoms with E-state index in [-0.39, 0.29) is 17.6 Å². The fourth-order valence-corrected chi connectivity index (χ4v) is 4.05. The first-order valence-corrected chi connectivity index (χ1v) is 7.82. The maximum absolute atomic E-state index is 11.9. The Morgan fingerprint density at radius 2 is 2.06 bits per heavy atom. The van der Waals surface area contributed by atoms with Crippen LogP contribution in [0.5, 0.6) is 5.75 Å². The monoisotopic (exact) mass is 268 g/mol. The van der Waals surface area contributed by atoms with Crippen molar-refractivity contribution in [2.75, 3.05) is 18.1 Å². The molecule has 1 saturated heterocycles. The van der Waals surface area contributed by atoms with Crippen LogP contribution in [0.4, 0.5) is 0 Å². The van der Waals surface area contributed by atoms with Crippen LogP contribution >= 0.6 is 11.8 Å². The average molecular weight is 268 g/mol. The van der Waals surface area contributed by atoms with E-state index in [1.165, 1.54) is 0 Å². The lowest BCUT2D eigenvalue weighted by Gasteiger charge is -2.05. The number of hydrogen-bond donors (Lipinski definition) is 0. The minimum absolute atomic E-state index is 0.185. The molecule has 5 heteroatoms. The highest BCUT2D eigenvalue weighted by molar-refractivity contribution is 8.08. The molecule has 90 valence electrons. The van der Waals surface area contributed by atoms with Crippen molar-refractivity contribution in [1.29, 1.82) is 0 Å². The van der Waals surface area contributed by atoms with Gasteiger partial charge in [-0.25, -0.2) is 8.42 Å². The van der Waals surface area contributed by atoms with Gasteiger partial charge in [-0.15, -0.1) is 6.42 Å². The smallest absolute Gasteiger partial charge is 0.179 e. The van der Waals surface area contributed by atoms with Gasteiger partial charge < -0.3 is 4.74 Å². The van der Waals surface area contributed by atoms with Crippen LogP contribution in [0.1, 0.15) is 0 Å². The molecule has 0 N–H and O–H groups in total. The van der Waals surface area contributed by atoms with Crippen LogP contribution in [0.3, 0.4) is 0 Å². The largest absolute Gasteiger partial charge is 0.481 e. The van der Waals surface area contributed by atoms with E-state index in [1.807, 2.05) is 0 Å². The zero-order valence-corrected chi connectivity index (χ0v) is 10.8. The Hall–Kier alpha value is -1.12. The molecule has 0 bridgehead atoms. The number of benzene rings is 1. The molecular formula is C12H12O3S2. The van der Waals surface area contributed by atoms with Crippen molar-refractivity contribution in [3.63, 3.8) is 0 Å². The summed E-state index contributed by atoms with van der Waals surface area (Å²) in [6.07, 6.45) is 5.06. The van der Waals surface area contributed by atoms with Crippen molar-refractivity contribution >= 4 is 21.6 Å². The number of rotatable bonds is 5. The van der Waals surface area contributed by atoms with E-state index < -0.39 is 9.84 Å². The van der Waals surface area contributed by atoms with Gasteiger partial charge in [0, 0.05) is 11.0 Å². The van der Waals surface area contributed by atoms with E-state index in [1.54, 1.807) is 36.0 Å². The molecule has 0 unspecified atom stereocenters. The highest BCUT2D eigenvalue weighted by atomic mass is 32.2. The van der Waals surface area contributed by atoms with Crippen LogP contribution in [0.2, 0.25) is 0 Å². The Labute approximate surface area is 105 Å². The molecule has 0 aromatic heterocycles. The number of hydrogen-bond acceptors (Lipinski definition) is 4. The van der Waals surface area contributed by atoms with Crippen LogP contribution < -0.4 is 4.74 Å². The predicted molar refractivity (Wildman–Crippen MR) is 69.1 cm³/mol. The lowest BCUT2D eigenvalue weighted by molar-refractivity contribution is 0.370. The van der Waals surface area contributed by atoms with E-state index in [2.05, 4.69) is 5.92 Å². The SMILES string of the molecule is C#CCOc1ccc(S(=O)(=O)C[C@@H]2CS2)cc1. The Balaban J connectivity index is 2.08. The van der Waals surface area contributed by atoms with E-state index in [9.17, 15) is 8.42 Å². The minimum Gasteiger partial charge on any atom is -0.481 e. The molecule has 17 heavy (non-hydrogen) atoms. The lowest BCUT2D eigenvalue weighted by atomic mass is 10.3. The lowest BCUT2D eigenvalue weighted by Crippen LogP contribution is -2.10. The van der Waals surface area contributed by atoms with E-state index in [0.29, 0.717) is 10.6 Å². The van der Waals surface area contributed by atoms with Gasteiger partial charge in [-0.2, -0.15) is 11.8 Å². The molecular weight excluding hydrogens is 256 g/mol. The molecule has 0 saturated carbocycles. The first-order valence-electron chi connectivity index (χ1n) is 5.12. The minimum atomic E-state index is -3.15. The third kappa shape index (κ3) is 3.42. The van der Waals surface area contributed by atoms with Crippen molar-refractivity contribution in [2.24, 2.45) is 0 Å². The first-order chi connectivity index (χ1) is 8.12. The molecule has 3 nitrogen and oxygen atoms in total. The third-order valence-electron chi connectivity index (χ3n) is 2.31. The summed E-state index contributed by atoms with van der Waals surface area (Å²) in [6.45, 7) is 0.185. The van der Waals surface area contributed by atoms with Gasteiger partial charge in [0.1, 0.15) is 12.4 Å². The molecule has 0 radical (unpaired) electrons. The number of thioether (sulfide) groups is 1. The Morgan fingerprint density at radius 3 is 2.59 bits per heavy atom. The summed E-state index contributed by atoms with van der Waals surface area (Å²) in [5.41, 5.74) is 0. The Kier molecular flexibility index (Phi) is 3.65. The van der Waals surface area contributed by atoms with E-state index >= 15 is 0 Å². The third-order valence-corrected chi connectivity index (χ3v) is 5.33. The second-order valence-electron chi connectivity index (χ2n) is 3.70. The van der Waals surface area contributed by atoms with Gasteiger partial charge >= 0.3 is 0 Å². The molecule has 1 aliphatic rings. The molecule has 0 amide bonds. The van der Waals surface area contributed by atoms with Crippen LogP contribution in [-0.2, 0) is 9.84 Å². The molecule has 1 aliphatic heterocycles. The van der Waals surface area contributed by atoms with Crippen LogP contribution in [0, 0.1) is 12.3 Å². The normalized spacial score (nSPS) is 18.4. The van der Waals surface area contributed by atoms with Crippen LogP contribution in [0.15, 0.2) is 29.2 Å². The fraction of sp³-hybridized carbons (Fsp3) is 0.333. The molecule has 1 atom stereocenters. The van der Waals surface area contributed by atoms with Crippen molar-refractivity contribution in [2.45, 2.75) is 10.1 Å². The molecule has 1 heterocycles. The van der Waals surface area contributed by atoms with E-state index in [0.717, 1.165) is 5.75 Å². The van der Waals surface area contributed by atoms with Gasteiger partial charge in [-0.1, -0.05) is 5.92 Å². The zero-order valence-electron chi connectivity index (χ0n) is 9.13. The standard InChI is InChI=1S/C12H12O3S2/c1-2-7-15-10-3-5-12(6-4-10)17(13,14)9-11-8-16-11/h1,3-6,11H,7-9H2/t11-/m0/s1. The van der Waals surface area contributed by atoms with Gasteiger partial charge in [0.05, 0.1) is 10.6 Å². The van der Waals surface area contributed by atoms with Gasteiger partial charge in [0.25, 0.3) is 0 Å². The van der Waals surface area contributed by atoms with Crippen molar-refractivity contribution < 1.29 is 13.2 Å². The zero-order chi connectivity index (χ0) is 12.3. The summed E-state index contributed by atoms with van der Waals surface area (Å²) in [5, 5.41) is 0.275. The Bertz CT molecular complexity index is 522. The number of terminal acetylenes is 1. The summed E-state index contributed by atoms with van der Waals surface area (Å²) in [6, 6.07) is 6.39. The summed E-state index contributed by atoms with van der Waals surface area (Å²) in [5.74, 6) is 4.11. The van der Waals surface area contributed by atoms with Crippen LogP contribution in [-0.4, -0.2) is 31.8 Å². The second-order valence-corrected chi connectivity index (χ2v) is 7.07. The Morgan fingerprint density at radius 1 is 1.41 bits per heavy atom. The molecule has 0 aliphatic carbocycles. The molecule has 0 spiro atoms. The number of sulfone groups is 1. The van der Waals surface area contributed by atoms with Crippen molar-refractivity contribution in [1.82, 2.24) is 0 Å². The predicted octanol–water partition coefficient (Wildman–Crippen LogP) is 1.59. The highest BCUT2D eigenvalue weighted by Gasteiger charge is 2.29. The number of ether oxygens (including phenoxy) is 1. The second kappa shape index (κ2) is 5.03. The van der Waals surface area contributed by atoms with Gasteiger partial charge in [-0.05, 0) is 24.3 Å². The van der Waals surface area contributed by atoms with E-state index in [4.69, 9.17) is 11.2 Å². The van der Waals surface area contributed by atoms with Crippen LogP contribution in [0.25, 0.3) is 0 Å². The topological polar surface area (TPSA) is 43.4 Å². The fourth-order valence-electron chi connectivity index (χ4n) is 1.37. The molecule has 1 aromatic rings. The highest BCUT2D eigenvalue weighted by Crippen LogP contribution is 2.33. The van der Waals surface area contributed by atoms with Crippen molar-refractivity contribution in [3.05, 3.63) is 24.3 Å². The maximum atomic E-state index is 11.9.